The Morgan fingerprint density at radius 1 is 1.37 bits per heavy atom. The van der Waals surface area contributed by atoms with Crippen LogP contribution >= 0.6 is 0 Å². The third-order valence-electron chi connectivity index (χ3n) is 3.14. The van der Waals surface area contributed by atoms with E-state index in [9.17, 15) is 4.79 Å². The molecular weight excluding hydrogens is 242 g/mol. The molecule has 1 aliphatic heterocycles. The lowest BCUT2D eigenvalue weighted by Gasteiger charge is -2.22. The first-order valence-electron chi connectivity index (χ1n) is 6.77. The standard InChI is InChI=1S/C14H21N3O2/c15-8-10-19-12-6-4-11(5-7-12)17-14(18)13-3-1-2-9-16-13/h4-7,13,16H,1-3,8-10,15H2,(H,17,18). The molecule has 5 heteroatoms. The van der Waals surface area contributed by atoms with E-state index in [0.717, 1.165) is 37.2 Å². The minimum atomic E-state index is -0.0677. The second kappa shape index (κ2) is 7.11. The molecule has 0 spiro atoms. The molecule has 4 N–H and O–H groups in total. The Kier molecular flexibility index (Phi) is 5.18. The van der Waals surface area contributed by atoms with Gasteiger partial charge in [0.1, 0.15) is 12.4 Å². The number of hydrogen-bond acceptors (Lipinski definition) is 4. The Hall–Kier alpha value is -1.59. The van der Waals surface area contributed by atoms with E-state index >= 15 is 0 Å². The van der Waals surface area contributed by atoms with E-state index in [1.165, 1.54) is 0 Å². The van der Waals surface area contributed by atoms with Crippen LogP contribution in [0.2, 0.25) is 0 Å². The van der Waals surface area contributed by atoms with Crippen molar-refractivity contribution in [3.63, 3.8) is 0 Å². The van der Waals surface area contributed by atoms with Crippen molar-refractivity contribution >= 4 is 11.6 Å². The lowest BCUT2D eigenvalue weighted by molar-refractivity contribution is -0.118. The molecule has 1 aromatic rings. The van der Waals surface area contributed by atoms with Crippen LogP contribution in [0.3, 0.4) is 0 Å². The van der Waals surface area contributed by atoms with E-state index in [4.69, 9.17) is 10.5 Å². The van der Waals surface area contributed by atoms with E-state index < -0.39 is 0 Å². The molecule has 1 amide bonds. The molecule has 0 radical (unpaired) electrons. The quantitative estimate of drug-likeness (QED) is 0.743. The topological polar surface area (TPSA) is 76.4 Å². The summed E-state index contributed by atoms with van der Waals surface area (Å²) < 4.78 is 5.38. The lowest BCUT2D eigenvalue weighted by atomic mass is 10.0. The van der Waals surface area contributed by atoms with Crippen molar-refractivity contribution in [3.8, 4) is 5.75 Å². The molecule has 1 aromatic carbocycles. The van der Waals surface area contributed by atoms with Crippen molar-refractivity contribution in [1.29, 1.82) is 0 Å². The molecule has 104 valence electrons. The molecule has 0 aromatic heterocycles. The fourth-order valence-electron chi connectivity index (χ4n) is 2.12. The van der Waals surface area contributed by atoms with Gasteiger partial charge in [0, 0.05) is 12.2 Å². The summed E-state index contributed by atoms with van der Waals surface area (Å²) >= 11 is 0. The number of piperidine rings is 1. The van der Waals surface area contributed by atoms with Gasteiger partial charge in [-0.25, -0.2) is 0 Å². The minimum absolute atomic E-state index is 0.0373. The van der Waals surface area contributed by atoms with Crippen molar-refractivity contribution in [2.75, 3.05) is 25.0 Å². The Bertz CT molecular complexity index is 400. The third kappa shape index (κ3) is 4.22. The minimum Gasteiger partial charge on any atom is -0.492 e. The molecule has 5 nitrogen and oxygen atoms in total. The zero-order chi connectivity index (χ0) is 13.5. The van der Waals surface area contributed by atoms with Gasteiger partial charge in [-0.05, 0) is 43.7 Å². The number of amides is 1. The smallest absolute Gasteiger partial charge is 0.241 e. The molecular formula is C14H21N3O2. The lowest BCUT2D eigenvalue weighted by Crippen LogP contribution is -2.43. The fourth-order valence-corrected chi connectivity index (χ4v) is 2.12. The summed E-state index contributed by atoms with van der Waals surface area (Å²) in [6.45, 7) is 1.91. The molecule has 1 saturated heterocycles. The molecule has 19 heavy (non-hydrogen) atoms. The van der Waals surface area contributed by atoms with Crippen LogP contribution < -0.4 is 21.1 Å². The van der Waals surface area contributed by atoms with E-state index in [1.807, 2.05) is 24.3 Å². The maximum Gasteiger partial charge on any atom is 0.241 e. The summed E-state index contributed by atoms with van der Waals surface area (Å²) in [7, 11) is 0. The number of hydrogen-bond donors (Lipinski definition) is 3. The average Bonchev–Trinajstić information content (AvgIpc) is 2.47. The largest absolute Gasteiger partial charge is 0.492 e. The molecule has 2 rings (SSSR count). The van der Waals surface area contributed by atoms with Gasteiger partial charge < -0.3 is 21.1 Å². The van der Waals surface area contributed by atoms with Gasteiger partial charge in [-0.2, -0.15) is 0 Å². The molecule has 1 fully saturated rings. The average molecular weight is 263 g/mol. The number of rotatable bonds is 5. The first kappa shape index (κ1) is 13.8. The maximum absolute atomic E-state index is 12.0. The van der Waals surface area contributed by atoms with E-state index in [0.29, 0.717) is 13.2 Å². The van der Waals surface area contributed by atoms with Crippen LogP contribution in [0.25, 0.3) is 0 Å². The van der Waals surface area contributed by atoms with E-state index in [2.05, 4.69) is 10.6 Å². The van der Waals surface area contributed by atoms with Gasteiger partial charge in [-0.1, -0.05) is 6.42 Å². The number of anilines is 1. The predicted molar refractivity (Wildman–Crippen MR) is 75.3 cm³/mol. The number of ether oxygens (including phenoxy) is 1. The number of carbonyl (C=O) groups excluding carboxylic acids is 1. The summed E-state index contributed by atoms with van der Waals surface area (Å²) in [6.07, 6.45) is 3.16. The Morgan fingerprint density at radius 2 is 2.16 bits per heavy atom. The molecule has 0 bridgehead atoms. The van der Waals surface area contributed by atoms with Crippen LogP contribution in [-0.2, 0) is 4.79 Å². The number of carbonyl (C=O) groups is 1. The van der Waals surface area contributed by atoms with Gasteiger partial charge in [0.25, 0.3) is 0 Å². The first-order valence-corrected chi connectivity index (χ1v) is 6.77. The van der Waals surface area contributed by atoms with Gasteiger partial charge in [0.15, 0.2) is 0 Å². The van der Waals surface area contributed by atoms with E-state index in [1.54, 1.807) is 0 Å². The Labute approximate surface area is 113 Å². The monoisotopic (exact) mass is 263 g/mol. The van der Waals surface area contributed by atoms with Gasteiger partial charge in [0.2, 0.25) is 5.91 Å². The van der Waals surface area contributed by atoms with Crippen molar-refractivity contribution in [2.45, 2.75) is 25.3 Å². The zero-order valence-corrected chi connectivity index (χ0v) is 11.0. The molecule has 1 atom stereocenters. The highest BCUT2D eigenvalue weighted by molar-refractivity contribution is 5.94. The molecule has 1 heterocycles. The van der Waals surface area contributed by atoms with Crippen LogP contribution in [-0.4, -0.2) is 31.6 Å². The van der Waals surface area contributed by atoms with Crippen LogP contribution in [0.4, 0.5) is 5.69 Å². The summed E-state index contributed by atoms with van der Waals surface area (Å²) in [4.78, 5) is 12.0. The number of benzene rings is 1. The van der Waals surface area contributed by atoms with Crippen molar-refractivity contribution in [1.82, 2.24) is 5.32 Å². The van der Waals surface area contributed by atoms with Crippen LogP contribution in [0, 0.1) is 0 Å². The first-order chi connectivity index (χ1) is 9.29. The molecule has 0 saturated carbocycles. The fraction of sp³-hybridized carbons (Fsp3) is 0.500. The third-order valence-corrected chi connectivity index (χ3v) is 3.14. The molecule has 0 aliphatic carbocycles. The van der Waals surface area contributed by atoms with Crippen LogP contribution in [0.5, 0.6) is 5.75 Å². The van der Waals surface area contributed by atoms with Crippen LogP contribution in [0.1, 0.15) is 19.3 Å². The second-order valence-corrected chi connectivity index (χ2v) is 4.65. The van der Waals surface area contributed by atoms with Gasteiger partial charge >= 0.3 is 0 Å². The highest BCUT2D eigenvalue weighted by atomic mass is 16.5. The maximum atomic E-state index is 12.0. The SMILES string of the molecule is NCCOc1ccc(NC(=O)C2CCCCN2)cc1. The van der Waals surface area contributed by atoms with E-state index in [-0.39, 0.29) is 11.9 Å². The Balaban J connectivity index is 1.86. The number of nitrogens with two attached hydrogens (primary N) is 1. The molecule has 1 aliphatic rings. The second-order valence-electron chi connectivity index (χ2n) is 4.65. The summed E-state index contributed by atoms with van der Waals surface area (Å²) in [6, 6.07) is 7.28. The summed E-state index contributed by atoms with van der Waals surface area (Å²) in [5.41, 5.74) is 6.16. The van der Waals surface area contributed by atoms with Crippen molar-refractivity contribution in [3.05, 3.63) is 24.3 Å². The molecule has 1 unspecified atom stereocenters. The van der Waals surface area contributed by atoms with Gasteiger partial charge in [0.05, 0.1) is 6.04 Å². The van der Waals surface area contributed by atoms with Crippen molar-refractivity contribution < 1.29 is 9.53 Å². The Morgan fingerprint density at radius 3 is 2.79 bits per heavy atom. The highest BCUT2D eigenvalue weighted by Gasteiger charge is 2.20. The zero-order valence-electron chi connectivity index (χ0n) is 11.0. The highest BCUT2D eigenvalue weighted by Crippen LogP contribution is 2.16. The normalized spacial score (nSPS) is 18.9. The predicted octanol–water partition coefficient (Wildman–Crippen LogP) is 1.10. The van der Waals surface area contributed by atoms with Gasteiger partial charge in [-0.3, -0.25) is 4.79 Å². The summed E-state index contributed by atoms with van der Waals surface area (Å²) in [5, 5.41) is 6.14. The van der Waals surface area contributed by atoms with Gasteiger partial charge in [-0.15, -0.1) is 0 Å². The van der Waals surface area contributed by atoms with Crippen molar-refractivity contribution in [2.24, 2.45) is 5.73 Å². The summed E-state index contributed by atoms with van der Waals surface area (Å²) in [5.74, 6) is 0.801. The number of nitrogens with one attached hydrogen (secondary N) is 2. The van der Waals surface area contributed by atoms with Crippen LogP contribution in [0.15, 0.2) is 24.3 Å².